The summed E-state index contributed by atoms with van der Waals surface area (Å²) in [5, 5.41) is 3.36. The van der Waals surface area contributed by atoms with Gasteiger partial charge in [0, 0.05) is 20.1 Å². The second-order valence-electron chi connectivity index (χ2n) is 5.25. The van der Waals surface area contributed by atoms with Gasteiger partial charge in [-0.05, 0) is 44.7 Å². The van der Waals surface area contributed by atoms with Crippen LogP contribution in [0.5, 0.6) is 0 Å². The largest absolute Gasteiger partial charge is 0.379 e. The van der Waals surface area contributed by atoms with Gasteiger partial charge in [0.2, 0.25) is 5.91 Å². The number of carbonyl (C=O) groups is 1. The number of amides is 1. The van der Waals surface area contributed by atoms with Crippen molar-refractivity contribution in [3.05, 3.63) is 0 Å². The number of rotatable bonds is 4. The van der Waals surface area contributed by atoms with Gasteiger partial charge in [0.15, 0.2) is 0 Å². The van der Waals surface area contributed by atoms with E-state index in [1.165, 1.54) is 12.8 Å². The third-order valence-electron chi connectivity index (χ3n) is 4.07. The molecular formula is C13H24N2O2. The average Bonchev–Trinajstić information content (AvgIpc) is 2.90. The summed E-state index contributed by atoms with van der Waals surface area (Å²) in [4.78, 5) is 13.9. The van der Waals surface area contributed by atoms with E-state index in [0.29, 0.717) is 18.4 Å². The molecule has 4 nitrogen and oxygen atoms in total. The molecule has 4 heteroatoms. The van der Waals surface area contributed by atoms with Crippen molar-refractivity contribution in [1.82, 2.24) is 10.2 Å². The number of likely N-dealkylation sites (N-methyl/N-ethyl adjacent to an activating group) is 1. The molecule has 0 bridgehead atoms. The molecule has 0 saturated carbocycles. The Labute approximate surface area is 104 Å². The van der Waals surface area contributed by atoms with Gasteiger partial charge >= 0.3 is 0 Å². The van der Waals surface area contributed by atoms with Crippen LogP contribution in [-0.4, -0.2) is 50.2 Å². The molecular weight excluding hydrogens is 216 g/mol. The summed E-state index contributed by atoms with van der Waals surface area (Å²) in [6.45, 7) is 3.75. The fourth-order valence-electron chi connectivity index (χ4n) is 2.71. The second-order valence-corrected chi connectivity index (χ2v) is 5.25. The van der Waals surface area contributed by atoms with Crippen molar-refractivity contribution >= 4 is 5.91 Å². The number of hydrogen-bond acceptors (Lipinski definition) is 3. The molecule has 1 N–H and O–H groups in total. The van der Waals surface area contributed by atoms with Crippen molar-refractivity contribution in [3.8, 4) is 0 Å². The summed E-state index contributed by atoms with van der Waals surface area (Å²) in [7, 11) is 1.92. The molecule has 2 saturated heterocycles. The van der Waals surface area contributed by atoms with Gasteiger partial charge in [-0.15, -0.1) is 0 Å². The number of nitrogens with one attached hydrogen (secondary N) is 1. The molecule has 0 spiro atoms. The predicted molar refractivity (Wildman–Crippen MR) is 66.8 cm³/mol. The van der Waals surface area contributed by atoms with E-state index in [1.807, 2.05) is 11.9 Å². The summed E-state index contributed by atoms with van der Waals surface area (Å²) in [5.41, 5.74) is 0. The van der Waals surface area contributed by atoms with Crippen LogP contribution >= 0.6 is 0 Å². The molecule has 0 aromatic carbocycles. The highest BCUT2D eigenvalue weighted by Gasteiger charge is 2.24. The SMILES string of the molecule is CN(C(=O)CCC1CCNCC1)C1CCOC1. The summed E-state index contributed by atoms with van der Waals surface area (Å²) in [6, 6.07) is 0.315. The van der Waals surface area contributed by atoms with Gasteiger partial charge in [-0.1, -0.05) is 0 Å². The van der Waals surface area contributed by atoms with Crippen LogP contribution in [0, 0.1) is 5.92 Å². The number of hydrogen-bond donors (Lipinski definition) is 1. The van der Waals surface area contributed by atoms with Gasteiger partial charge in [-0.3, -0.25) is 4.79 Å². The van der Waals surface area contributed by atoms with E-state index < -0.39 is 0 Å². The quantitative estimate of drug-likeness (QED) is 0.797. The molecule has 1 atom stereocenters. The van der Waals surface area contributed by atoms with E-state index in [1.54, 1.807) is 0 Å². The number of carbonyl (C=O) groups excluding carboxylic acids is 1. The minimum atomic E-state index is 0.291. The van der Waals surface area contributed by atoms with Crippen molar-refractivity contribution in [2.75, 3.05) is 33.4 Å². The van der Waals surface area contributed by atoms with Crippen LogP contribution in [0.2, 0.25) is 0 Å². The van der Waals surface area contributed by atoms with Crippen LogP contribution in [0.4, 0.5) is 0 Å². The molecule has 98 valence electrons. The first-order valence-electron chi connectivity index (χ1n) is 6.81. The molecule has 0 radical (unpaired) electrons. The van der Waals surface area contributed by atoms with Crippen molar-refractivity contribution in [3.63, 3.8) is 0 Å². The normalized spacial score (nSPS) is 26.1. The number of ether oxygens (including phenoxy) is 1. The molecule has 1 amide bonds. The topological polar surface area (TPSA) is 41.6 Å². The van der Waals surface area contributed by atoms with Gasteiger partial charge in [0.1, 0.15) is 0 Å². The zero-order valence-electron chi connectivity index (χ0n) is 10.8. The summed E-state index contributed by atoms with van der Waals surface area (Å²) < 4.78 is 5.32. The van der Waals surface area contributed by atoms with E-state index >= 15 is 0 Å². The van der Waals surface area contributed by atoms with E-state index in [4.69, 9.17) is 4.74 Å². The molecule has 2 aliphatic rings. The molecule has 2 fully saturated rings. The number of piperidine rings is 1. The zero-order chi connectivity index (χ0) is 12.1. The zero-order valence-corrected chi connectivity index (χ0v) is 10.8. The van der Waals surface area contributed by atoms with Gasteiger partial charge in [0.05, 0.1) is 12.6 Å². The summed E-state index contributed by atoms with van der Waals surface area (Å²) in [5.74, 6) is 1.03. The van der Waals surface area contributed by atoms with E-state index in [2.05, 4.69) is 5.32 Å². The highest BCUT2D eigenvalue weighted by atomic mass is 16.5. The van der Waals surface area contributed by atoms with E-state index in [0.717, 1.165) is 45.1 Å². The van der Waals surface area contributed by atoms with Crippen molar-refractivity contribution in [2.24, 2.45) is 5.92 Å². The van der Waals surface area contributed by atoms with E-state index in [9.17, 15) is 4.79 Å². The number of nitrogens with zero attached hydrogens (tertiary/aromatic N) is 1. The molecule has 0 aromatic rings. The standard InChI is InChI=1S/C13H24N2O2/c1-15(12-6-9-17-10-12)13(16)3-2-11-4-7-14-8-5-11/h11-12,14H,2-10H2,1H3. The Morgan fingerprint density at radius 3 is 2.76 bits per heavy atom. The lowest BCUT2D eigenvalue weighted by Gasteiger charge is -2.26. The maximum atomic E-state index is 12.0. The van der Waals surface area contributed by atoms with E-state index in [-0.39, 0.29) is 0 Å². The van der Waals surface area contributed by atoms with Crippen molar-refractivity contribution < 1.29 is 9.53 Å². The fourth-order valence-corrected chi connectivity index (χ4v) is 2.71. The Bertz CT molecular complexity index is 246. The Kier molecular flexibility index (Phi) is 4.80. The third kappa shape index (κ3) is 3.68. The van der Waals surface area contributed by atoms with Crippen LogP contribution in [0.25, 0.3) is 0 Å². The Hall–Kier alpha value is -0.610. The smallest absolute Gasteiger partial charge is 0.222 e. The van der Waals surface area contributed by atoms with Gasteiger partial charge in [0.25, 0.3) is 0 Å². The third-order valence-corrected chi connectivity index (χ3v) is 4.07. The van der Waals surface area contributed by atoms with Gasteiger partial charge < -0.3 is 15.0 Å². The Morgan fingerprint density at radius 2 is 2.12 bits per heavy atom. The lowest BCUT2D eigenvalue weighted by atomic mass is 9.93. The molecule has 2 aliphatic heterocycles. The minimum Gasteiger partial charge on any atom is -0.379 e. The maximum absolute atomic E-state index is 12.0. The van der Waals surface area contributed by atoms with Crippen LogP contribution in [0.1, 0.15) is 32.1 Å². The lowest BCUT2D eigenvalue weighted by Crippen LogP contribution is -2.37. The molecule has 0 aliphatic carbocycles. The van der Waals surface area contributed by atoms with Gasteiger partial charge in [-0.25, -0.2) is 0 Å². The highest BCUT2D eigenvalue weighted by molar-refractivity contribution is 5.76. The first-order chi connectivity index (χ1) is 8.27. The van der Waals surface area contributed by atoms with Crippen LogP contribution in [-0.2, 0) is 9.53 Å². The maximum Gasteiger partial charge on any atom is 0.222 e. The lowest BCUT2D eigenvalue weighted by molar-refractivity contribution is -0.132. The molecule has 1 unspecified atom stereocenters. The Balaban J connectivity index is 1.68. The molecule has 0 aromatic heterocycles. The second kappa shape index (κ2) is 6.36. The van der Waals surface area contributed by atoms with Gasteiger partial charge in [-0.2, -0.15) is 0 Å². The summed E-state index contributed by atoms with van der Waals surface area (Å²) in [6.07, 6.45) is 5.21. The predicted octanol–water partition coefficient (Wildman–Crippen LogP) is 1.01. The highest BCUT2D eigenvalue weighted by Crippen LogP contribution is 2.19. The van der Waals surface area contributed by atoms with Crippen molar-refractivity contribution in [1.29, 1.82) is 0 Å². The monoisotopic (exact) mass is 240 g/mol. The molecule has 2 rings (SSSR count). The minimum absolute atomic E-state index is 0.291. The first-order valence-corrected chi connectivity index (χ1v) is 6.81. The van der Waals surface area contributed by atoms with Crippen LogP contribution in [0.3, 0.4) is 0 Å². The van der Waals surface area contributed by atoms with Crippen LogP contribution < -0.4 is 5.32 Å². The Morgan fingerprint density at radius 1 is 1.35 bits per heavy atom. The van der Waals surface area contributed by atoms with Crippen molar-refractivity contribution in [2.45, 2.75) is 38.1 Å². The average molecular weight is 240 g/mol. The van der Waals surface area contributed by atoms with Crippen LogP contribution in [0.15, 0.2) is 0 Å². The summed E-state index contributed by atoms with van der Waals surface area (Å²) >= 11 is 0. The molecule has 17 heavy (non-hydrogen) atoms. The molecule has 2 heterocycles. The first kappa shape index (κ1) is 12.8. The fraction of sp³-hybridized carbons (Fsp3) is 0.923.